The summed E-state index contributed by atoms with van der Waals surface area (Å²) >= 11 is 1.95. The van der Waals surface area contributed by atoms with Crippen LogP contribution in [0.3, 0.4) is 0 Å². The average molecular weight is 689 g/mol. The van der Waals surface area contributed by atoms with E-state index in [4.69, 9.17) is 0 Å². The molecule has 0 fully saturated rings. The molecule has 8 aromatic carbocycles. The highest BCUT2D eigenvalue weighted by Crippen LogP contribution is 2.73. The first kappa shape index (κ1) is 27.3. The summed E-state index contributed by atoms with van der Waals surface area (Å²) in [5, 5.41) is 8.32. The van der Waals surface area contributed by atoms with E-state index in [0.29, 0.717) is 0 Å². The van der Waals surface area contributed by atoms with Crippen molar-refractivity contribution in [3.63, 3.8) is 0 Å². The number of hydrogen-bond acceptors (Lipinski definition) is 1. The van der Waals surface area contributed by atoms with Gasteiger partial charge in [-0.2, -0.15) is 0 Å². The van der Waals surface area contributed by atoms with Crippen molar-refractivity contribution in [1.82, 2.24) is 9.13 Å². The molecule has 3 aliphatic carbocycles. The number of hydrogen-bond donors (Lipinski definition) is 0. The van der Waals surface area contributed by atoms with Crippen molar-refractivity contribution in [3.8, 4) is 11.4 Å². The van der Waals surface area contributed by atoms with Crippen molar-refractivity contribution in [2.24, 2.45) is 0 Å². The maximum absolute atomic E-state index is 2.52. The summed E-state index contributed by atoms with van der Waals surface area (Å²) in [5.41, 5.74) is 14.8. The highest BCUT2D eigenvalue weighted by atomic mass is 32.1. The summed E-state index contributed by atoms with van der Waals surface area (Å²) in [7, 11) is 0. The van der Waals surface area contributed by atoms with Crippen LogP contribution in [-0.2, 0) is 10.8 Å². The topological polar surface area (TPSA) is 9.86 Å². The summed E-state index contributed by atoms with van der Waals surface area (Å²) in [6.07, 6.45) is 0. The van der Waals surface area contributed by atoms with Gasteiger partial charge in [-0.05, 0) is 94.0 Å². The van der Waals surface area contributed by atoms with E-state index < -0.39 is 10.8 Å². The van der Waals surface area contributed by atoms with Crippen LogP contribution in [0.4, 0.5) is 0 Å². The molecular weight excluding hydrogens is 661 g/mol. The molecule has 53 heavy (non-hydrogen) atoms. The molecule has 0 saturated carbocycles. The monoisotopic (exact) mass is 688 g/mol. The van der Waals surface area contributed by atoms with E-state index in [0.717, 1.165) is 0 Å². The van der Waals surface area contributed by atoms with Gasteiger partial charge in [-0.3, -0.25) is 0 Å². The molecule has 3 heterocycles. The van der Waals surface area contributed by atoms with Gasteiger partial charge < -0.3 is 9.13 Å². The van der Waals surface area contributed by atoms with Gasteiger partial charge in [-0.15, -0.1) is 11.3 Å². The summed E-state index contributed by atoms with van der Waals surface area (Å²) in [4.78, 5) is 0. The molecule has 11 aromatic rings. The minimum Gasteiger partial charge on any atom is -0.309 e. The van der Waals surface area contributed by atoms with Gasteiger partial charge in [0, 0.05) is 53.1 Å². The van der Waals surface area contributed by atoms with E-state index in [1.807, 2.05) is 11.3 Å². The Kier molecular flexibility index (Phi) is 4.61. The van der Waals surface area contributed by atoms with Crippen LogP contribution < -0.4 is 0 Å². The van der Waals surface area contributed by atoms with E-state index in [2.05, 4.69) is 179 Å². The Morgan fingerprint density at radius 3 is 0.925 bits per heavy atom. The number of benzene rings is 8. The van der Waals surface area contributed by atoms with Crippen LogP contribution in [0.15, 0.2) is 170 Å². The van der Waals surface area contributed by atoms with Gasteiger partial charge in [0.15, 0.2) is 0 Å². The number of rotatable bonds is 2. The lowest BCUT2D eigenvalue weighted by Gasteiger charge is -2.59. The molecule has 0 spiro atoms. The molecule has 0 bridgehead atoms. The SMILES string of the molecule is c1ccc(-n2c3cccc4c3c3c(cccc32)C23c5cccc6sc7cccc(c7c56)C42c2cccc4c2c2c3cccc2n4-c2ccccc2)cc1. The first-order valence-corrected chi connectivity index (χ1v) is 19.4. The zero-order valence-corrected chi connectivity index (χ0v) is 29.3. The molecule has 0 N–H and O–H groups in total. The van der Waals surface area contributed by atoms with Crippen LogP contribution >= 0.6 is 11.3 Å². The Morgan fingerprint density at radius 1 is 0.283 bits per heavy atom. The predicted molar refractivity (Wildman–Crippen MR) is 221 cm³/mol. The summed E-state index contributed by atoms with van der Waals surface area (Å²) < 4.78 is 7.76. The first-order valence-electron chi connectivity index (χ1n) is 18.5. The average Bonchev–Trinajstić information content (AvgIpc) is 3.89. The van der Waals surface area contributed by atoms with Crippen molar-refractivity contribution in [2.45, 2.75) is 10.8 Å². The molecule has 0 amide bonds. The second-order valence-electron chi connectivity index (χ2n) is 15.1. The van der Waals surface area contributed by atoms with E-state index in [1.165, 1.54) is 109 Å². The third-order valence-corrected chi connectivity index (χ3v) is 14.3. The molecule has 3 aliphatic rings. The molecular formula is C50H28N2S. The van der Waals surface area contributed by atoms with Crippen LogP contribution in [-0.4, -0.2) is 9.13 Å². The fourth-order valence-corrected chi connectivity index (χ4v) is 12.9. The van der Waals surface area contributed by atoms with Crippen molar-refractivity contribution in [2.75, 3.05) is 0 Å². The van der Waals surface area contributed by atoms with Crippen LogP contribution in [0.1, 0.15) is 33.4 Å². The van der Waals surface area contributed by atoms with Gasteiger partial charge in [0.05, 0.1) is 32.9 Å². The Hall–Kier alpha value is -6.42. The van der Waals surface area contributed by atoms with Gasteiger partial charge in [0.1, 0.15) is 0 Å². The molecule has 2 nitrogen and oxygen atoms in total. The standard InChI is InChI=1S/C50H28N2S/c1-3-13-29(14-4-1)51-37-23-7-17-31-43(37)44-32(18-8-24-38(44)51)50-34-20-10-26-40-46(34)45-33(19-9-25-39(45)52(40)30-15-5-2-6-16-30)49(31,50)35-21-11-27-41-47(35)48-36(50)22-12-28-42(48)53-41/h1-28H. The molecule has 244 valence electrons. The lowest BCUT2D eigenvalue weighted by molar-refractivity contribution is 0.426. The third-order valence-electron chi connectivity index (χ3n) is 13.2. The van der Waals surface area contributed by atoms with Crippen LogP contribution in [0.25, 0.3) is 75.2 Å². The molecule has 0 aliphatic heterocycles. The minimum absolute atomic E-state index is 0.553. The largest absolute Gasteiger partial charge is 0.309 e. The molecule has 3 heteroatoms. The van der Waals surface area contributed by atoms with Gasteiger partial charge in [-0.1, -0.05) is 109 Å². The van der Waals surface area contributed by atoms with E-state index in [9.17, 15) is 0 Å². The number of nitrogens with zero attached hydrogens (tertiary/aromatic N) is 2. The summed E-state index contributed by atoms with van der Waals surface area (Å²) in [6.45, 7) is 0. The number of para-hydroxylation sites is 2. The number of thiophene rings is 1. The molecule has 0 atom stereocenters. The van der Waals surface area contributed by atoms with Crippen molar-refractivity contribution >= 4 is 75.1 Å². The van der Waals surface area contributed by atoms with Gasteiger partial charge >= 0.3 is 0 Å². The fraction of sp³-hybridized carbons (Fsp3) is 0.0400. The van der Waals surface area contributed by atoms with Gasteiger partial charge in [-0.25, -0.2) is 0 Å². The molecule has 0 unspecified atom stereocenters. The van der Waals surface area contributed by atoms with E-state index in [-0.39, 0.29) is 0 Å². The van der Waals surface area contributed by atoms with Crippen molar-refractivity contribution in [1.29, 1.82) is 0 Å². The molecule has 0 radical (unpaired) electrons. The number of aromatic nitrogens is 2. The minimum atomic E-state index is -0.553. The van der Waals surface area contributed by atoms with E-state index >= 15 is 0 Å². The zero-order chi connectivity index (χ0) is 34.2. The second-order valence-corrected chi connectivity index (χ2v) is 16.2. The van der Waals surface area contributed by atoms with Gasteiger partial charge in [0.2, 0.25) is 0 Å². The lowest BCUT2D eigenvalue weighted by Crippen LogP contribution is -2.56. The Morgan fingerprint density at radius 2 is 0.585 bits per heavy atom. The van der Waals surface area contributed by atoms with Crippen molar-refractivity contribution in [3.05, 3.63) is 203 Å². The zero-order valence-electron chi connectivity index (χ0n) is 28.5. The second kappa shape index (κ2) is 8.95. The summed E-state index contributed by atoms with van der Waals surface area (Å²) in [6, 6.07) is 64.9. The van der Waals surface area contributed by atoms with Crippen LogP contribution in [0.5, 0.6) is 0 Å². The maximum Gasteiger partial charge on any atom is 0.0650 e. The maximum atomic E-state index is 2.52. The quantitative estimate of drug-likeness (QED) is 0.171. The Balaban J connectivity index is 1.34. The lowest BCUT2D eigenvalue weighted by atomic mass is 9.40. The highest BCUT2D eigenvalue weighted by molar-refractivity contribution is 7.25. The molecule has 14 rings (SSSR count). The molecule has 3 aromatic heterocycles. The smallest absolute Gasteiger partial charge is 0.0650 e. The normalized spacial score (nSPS) is 19.1. The Bertz CT molecular complexity index is 3100. The first-order chi connectivity index (χ1) is 26.3. The predicted octanol–water partition coefficient (Wildman–Crippen LogP) is 12.6. The van der Waals surface area contributed by atoms with Crippen LogP contribution in [0, 0.1) is 0 Å². The van der Waals surface area contributed by atoms with Crippen LogP contribution in [0.2, 0.25) is 0 Å². The highest BCUT2D eigenvalue weighted by Gasteiger charge is 2.66. The summed E-state index contributed by atoms with van der Waals surface area (Å²) in [5.74, 6) is 0. The molecule has 0 saturated heterocycles. The third kappa shape index (κ3) is 2.71. The van der Waals surface area contributed by atoms with Gasteiger partial charge in [0.25, 0.3) is 0 Å². The van der Waals surface area contributed by atoms with Crippen molar-refractivity contribution < 1.29 is 0 Å². The van der Waals surface area contributed by atoms with E-state index in [1.54, 1.807) is 0 Å². The fourth-order valence-electron chi connectivity index (χ4n) is 11.8. The Labute approximate surface area is 308 Å².